The van der Waals surface area contributed by atoms with Gasteiger partial charge < -0.3 is 9.47 Å². The zero-order valence-electron chi connectivity index (χ0n) is 15.9. The molecule has 4 nitrogen and oxygen atoms in total. The highest BCUT2D eigenvalue weighted by Crippen LogP contribution is 2.46. The first-order valence-corrected chi connectivity index (χ1v) is 8.05. The Labute approximate surface area is 140 Å². The molecule has 0 amide bonds. The minimum Gasteiger partial charge on any atom is -0.459 e. The van der Waals surface area contributed by atoms with Crippen LogP contribution < -0.4 is 0 Å². The number of carbonyl (C=O) groups is 2. The van der Waals surface area contributed by atoms with E-state index >= 15 is 0 Å². The molecule has 0 aliphatic carbocycles. The Bertz CT molecular complexity index is 490. The lowest BCUT2D eigenvalue weighted by molar-refractivity contribution is -0.179. The van der Waals surface area contributed by atoms with Gasteiger partial charge in [0.1, 0.15) is 11.7 Å². The van der Waals surface area contributed by atoms with Gasteiger partial charge in [0.2, 0.25) is 0 Å². The van der Waals surface area contributed by atoms with Crippen LogP contribution in [0.3, 0.4) is 0 Å². The molecule has 0 aromatic carbocycles. The fraction of sp³-hybridized carbons (Fsp3) is 0.684. The van der Waals surface area contributed by atoms with Gasteiger partial charge >= 0.3 is 11.9 Å². The molecule has 4 heteroatoms. The quantitative estimate of drug-likeness (QED) is 0.489. The predicted molar refractivity (Wildman–Crippen MR) is 92.9 cm³/mol. The van der Waals surface area contributed by atoms with Crippen LogP contribution in [0.15, 0.2) is 24.3 Å². The van der Waals surface area contributed by atoms with E-state index in [2.05, 4.69) is 20.1 Å². The summed E-state index contributed by atoms with van der Waals surface area (Å²) in [5.41, 5.74) is -0.380. The average Bonchev–Trinajstić information content (AvgIpc) is 2.44. The highest BCUT2D eigenvalue weighted by molar-refractivity contribution is 5.87. The fourth-order valence-corrected chi connectivity index (χ4v) is 2.62. The lowest BCUT2D eigenvalue weighted by Crippen LogP contribution is -2.51. The number of hydrogen-bond donors (Lipinski definition) is 0. The van der Waals surface area contributed by atoms with Crippen LogP contribution in [-0.2, 0) is 19.1 Å². The summed E-state index contributed by atoms with van der Waals surface area (Å²) in [7, 11) is 0. The normalized spacial score (nSPS) is 16.7. The highest BCUT2D eigenvalue weighted by atomic mass is 16.6. The van der Waals surface area contributed by atoms with Gasteiger partial charge in [-0.25, -0.2) is 9.59 Å². The minimum absolute atomic E-state index is 0.0243. The van der Waals surface area contributed by atoms with E-state index in [4.69, 9.17) is 9.47 Å². The summed E-state index contributed by atoms with van der Waals surface area (Å²) < 4.78 is 11.2. The molecule has 0 spiro atoms. The minimum atomic E-state index is -0.735. The molecule has 0 rings (SSSR count). The molecule has 0 saturated carbocycles. The van der Waals surface area contributed by atoms with Crippen LogP contribution in [0.4, 0.5) is 0 Å². The molecule has 3 atom stereocenters. The van der Waals surface area contributed by atoms with Crippen molar-refractivity contribution in [3.8, 4) is 0 Å². The van der Waals surface area contributed by atoms with E-state index in [1.807, 2.05) is 34.6 Å². The largest absolute Gasteiger partial charge is 0.459 e. The van der Waals surface area contributed by atoms with Gasteiger partial charge in [0.15, 0.2) is 0 Å². The Kier molecular flexibility index (Phi) is 7.26. The van der Waals surface area contributed by atoms with Crippen molar-refractivity contribution in [2.24, 2.45) is 11.3 Å². The van der Waals surface area contributed by atoms with Crippen molar-refractivity contribution in [3.05, 3.63) is 24.3 Å². The van der Waals surface area contributed by atoms with Crippen LogP contribution in [0.5, 0.6) is 0 Å². The second-order valence-electron chi connectivity index (χ2n) is 7.13. The smallest absolute Gasteiger partial charge is 0.333 e. The Hall–Kier alpha value is -1.58. The summed E-state index contributed by atoms with van der Waals surface area (Å²) >= 11 is 0. The predicted octanol–water partition coefficient (Wildman–Crippen LogP) is 4.44. The summed E-state index contributed by atoms with van der Waals surface area (Å²) in [6.07, 6.45) is 0.437. The monoisotopic (exact) mass is 324 g/mol. The molecule has 0 aromatic rings. The lowest BCUT2D eigenvalue weighted by atomic mass is 9.63. The van der Waals surface area contributed by atoms with E-state index in [1.54, 1.807) is 13.8 Å². The highest BCUT2D eigenvalue weighted by Gasteiger charge is 2.49. The molecule has 0 aliphatic rings. The van der Waals surface area contributed by atoms with Crippen LogP contribution in [0.25, 0.3) is 0 Å². The van der Waals surface area contributed by atoms with E-state index in [1.165, 1.54) is 0 Å². The molecule has 0 aromatic heterocycles. The molecular formula is C19H32O4. The van der Waals surface area contributed by atoms with Gasteiger partial charge in [-0.2, -0.15) is 0 Å². The molecule has 0 aliphatic heterocycles. The third kappa shape index (κ3) is 4.95. The topological polar surface area (TPSA) is 52.6 Å². The molecule has 132 valence electrons. The van der Waals surface area contributed by atoms with Crippen molar-refractivity contribution in [3.63, 3.8) is 0 Å². The molecular weight excluding hydrogens is 292 g/mol. The van der Waals surface area contributed by atoms with Gasteiger partial charge in [-0.15, -0.1) is 0 Å². The van der Waals surface area contributed by atoms with Gasteiger partial charge in [-0.3, -0.25) is 0 Å². The maximum absolute atomic E-state index is 12.0. The molecule has 0 bridgehead atoms. The Morgan fingerprint density at radius 1 is 1.00 bits per heavy atom. The number of carbonyl (C=O) groups excluding carboxylic acids is 2. The first kappa shape index (κ1) is 21.4. The van der Waals surface area contributed by atoms with E-state index in [0.29, 0.717) is 11.1 Å². The molecule has 3 unspecified atom stereocenters. The molecule has 0 fully saturated rings. The third-order valence-electron chi connectivity index (χ3n) is 5.16. The van der Waals surface area contributed by atoms with Crippen LogP contribution in [-0.4, -0.2) is 23.6 Å². The van der Waals surface area contributed by atoms with Crippen LogP contribution in [0.1, 0.15) is 61.8 Å². The average molecular weight is 324 g/mol. The summed E-state index contributed by atoms with van der Waals surface area (Å²) in [6, 6.07) is 0. The Morgan fingerprint density at radius 3 is 1.78 bits per heavy atom. The Morgan fingerprint density at radius 2 is 1.43 bits per heavy atom. The molecule has 0 radical (unpaired) electrons. The van der Waals surface area contributed by atoms with Gasteiger partial charge in [0, 0.05) is 22.5 Å². The van der Waals surface area contributed by atoms with Crippen molar-refractivity contribution in [1.82, 2.24) is 0 Å². The maximum atomic E-state index is 12.0. The zero-order chi connectivity index (χ0) is 18.6. The van der Waals surface area contributed by atoms with Crippen molar-refractivity contribution < 1.29 is 19.1 Å². The van der Waals surface area contributed by atoms with Gasteiger partial charge in [0.25, 0.3) is 0 Å². The van der Waals surface area contributed by atoms with Crippen molar-refractivity contribution in [1.29, 1.82) is 0 Å². The third-order valence-corrected chi connectivity index (χ3v) is 5.16. The second kappa shape index (κ2) is 7.80. The van der Waals surface area contributed by atoms with Gasteiger partial charge in [-0.05, 0) is 41.0 Å². The second-order valence-corrected chi connectivity index (χ2v) is 7.13. The zero-order valence-corrected chi connectivity index (χ0v) is 15.9. The first-order valence-electron chi connectivity index (χ1n) is 8.05. The SMILES string of the molecule is C=C(C)C(=O)OC(C)C(C)C(C)(CC)C(C)(C)OC(=O)C(=C)C. The van der Waals surface area contributed by atoms with Crippen molar-refractivity contribution in [2.75, 3.05) is 0 Å². The van der Waals surface area contributed by atoms with Crippen LogP contribution >= 0.6 is 0 Å². The van der Waals surface area contributed by atoms with E-state index in [9.17, 15) is 9.59 Å². The summed E-state index contributed by atoms with van der Waals surface area (Å²) in [5, 5.41) is 0. The summed E-state index contributed by atoms with van der Waals surface area (Å²) in [4.78, 5) is 23.7. The van der Waals surface area contributed by atoms with Crippen molar-refractivity contribution in [2.45, 2.75) is 73.5 Å². The number of ether oxygens (including phenoxy) is 2. The van der Waals surface area contributed by atoms with Gasteiger partial charge in [0.05, 0.1) is 0 Å². The molecule has 23 heavy (non-hydrogen) atoms. The Balaban J connectivity index is 5.39. The summed E-state index contributed by atoms with van der Waals surface area (Å²) in [6.45, 7) is 22.2. The lowest BCUT2D eigenvalue weighted by Gasteiger charge is -2.48. The van der Waals surface area contributed by atoms with Crippen LogP contribution in [0.2, 0.25) is 0 Å². The molecule has 0 saturated heterocycles. The van der Waals surface area contributed by atoms with Crippen LogP contribution in [0, 0.1) is 11.3 Å². The van der Waals surface area contributed by atoms with E-state index in [0.717, 1.165) is 6.42 Å². The number of rotatable bonds is 8. The van der Waals surface area contributed by atoms with Crippen molar-refractivity contribution >= 4 is 11.9 Å². The molecule has 0 N–H and O–H groups in total. The number of hydrogen-bond acceptors (Lipinski definition) is 4. The number of esters is 2. The van der Waals surface area contributed by atoms with Gasteiger partial charge in [-0.1, -0.05) is 33.9 Å². The van der Waals surface area contributed by atoms with E-state index < -0.39 is 17.5 Å². The summed E-state index contributed by atoms with van der Waals surface area (Å²) in [5.74, 6) is -0.836. The van der Waals surface area contributed by atoms with E-state index in [-0.39, 0.29) is 17.4 Å². The fourth-order valence-electron chi connectivity index (χ4n) is 2.62. The standard InChI is InChI=1S/C19H32O4/c1-11-19(10,18(8,9)23-17(21)13(4)5)14(6)15(7)22-16(20)12(2)3/h14-15H,2,4,11H2,1,3,5-10H3. The molecule has 0 heterocycles. The first-order chi connectivity index (χ1) is 10.3. The maximum Gasteiger partial charge on any atom is 0.333 e.